The lowest BCUT2D eigenvalue weighted by Crippen LogP contribution is -2.44. The molecule has 4 aromatic rings. The van der Waals surface area contributed by atoms with Gasteiger partial charge in [-0.1, -0.05) is 37.3 Å². The number of aromatic nitrogens is 1. The smallest absolute Gasteiger partial charge is 0.187 e. The molecule has 0 atom stereocenters. The normalized spacial score (nSPS) is 14.1. The van der Waals surface area contributed by atoms with Crippen LogP contribution in [0, 0.1) is 6.57 Å². The highest BCUT2D eigenvalue weighted by atomic mass is 15.2. The third-order valence-electron chi connectivity index (χ3n) is 6.82. The molecule has 1 aliphatic rings. The van der Waals surface area contributed by atoms with Crippen molar-refractivity contribution in [1.29, 1.82) is 0 Å². The summed E-state index contributed by atoms with van der Waals surface area (Å²) in [5.74, 6) is 0. The molecule has 176 valence electrons. The van der Waals surface area contributed by atoms with E-state index in [2.05, 4.69) is 87.0 Å². The van der Waals surface area contributed by atoms with E-state index in [0.29, 0.717) is 5.69 Å². The maximum atomic E-state index is 7.21. The molecule has 2 heterocycles. The number of anilines is 3. The van der Waals surface area contributed by atoms with Crippen LogP contribution in [0.1, 0.15) is 13.3 Å². The molecule has 0 saturated carbocycles. The summed E-state index contributed by atoms with van der Waals surface area (Å²) in [5.41, 5.74) is 7.54. The Labute approximate surface area is 208 Å². The van der Waals surface area contributed by atoms with Crippen molar-refractivity contribution in [2.24, 2.45) is 0 Å². The van der Waals surface area contributed by atoms with Crippen LogP contribution in [0.15, 0.2) is 79.0 Å². The third kappa shape index (κ3) is 4.84. The topological polar surface area (TPSA) is 27.0 Å². The van der Waals surface area contributed by atoms with Crippen molar-refractivity contribution in [3.05, 3.63) is 90.4 Å². The van der Waals surface area contributed by atoms with E-state index in [1.54, 1.807) is 0 Å². The van der Waals surface area contributed by atoms with Crippen molar-refractivity contribution in [2.45, 2.75) is 13.3 Å². The summed E-state index contributed by atoms with van der Waals surface area (Å²) >= 11 is 0. The summed E-state index contributed by atoms with van der Waals surface area (Å²) < 4.78 is 0. The van der Waals surface area contributed by atoms with Crippen LogP contribution in [-0.4, -0.2) is 49.7 Å². The lowest BCUT2D eigenvalue weighted by molar-refractivity contribution is 0.313. The van der Waals surface area contributed by atoms with Gasteiger partial charge in [0.1, 0.15) is 0 Å². The molecule has 35 heavy (non-hydrogen) atoms. The summed E-state index contributed by atoms with van der Waals surface area (Å²) in [5, 5.41) is 1.14. The molecule has 5 nitrogen and oxygen atoms in total. The molecule has 1 fully saturated rings. The molecule has 0 bridgehead atoms. The van der Waals surface area contributed by atoms with Crippen LogP contribution in [0.3, 0.4) is 0 Å². The molecule has 0 spiro atoms. The second-order valence-electron chi connectivity index (χ2n) is 9.18. The van der Waals surface area contributed by atoms with Crippen LogP contribution in [0.2, 0.25) is 0 Å². The number of likely N-dealkylation sites (N-methyl/N-ethyl adjacent to an activating group) is 1. The Morgan fingerprint density at radius 3 is 2.29 bits per heavy atom. The van der Waals surface area contributed by atoms with Crippen molar-refractivity contribution in [3.63, 3.8) is 0 Å². The van der Waals surface area contributed by atoms with E-state index in [1.165, 1.54) is 17.1 Å². The fourth-order valence-corrected chi connectivity index (χ4v) is 4.80. The molecule has 0 radical (unpaired) electrons. The Morgan fingerprint density at radius 1 is 0.886 bits per heavy atom. The van der Waals surface area contributed by atoms with Crippen LogP contribution in [0.4, 0.5) is 22.7 Å². The number of piperazine rings is 1. The number of hydrogen-bond donors (Lipinski definition) is 0. The highest BCUT2D eigenvalue weighted by Gasteiger charge is 2.16. The second kappa shape index (κ2) is 10.2. The summed E-state index contributed by atoms with van der Waals surface area (Å²) in [6, 6.07) is 25.4. The average molecular weight is 462 g/mol. The first-order valence-corrected chi connectivity index (χ1v) is 12.3. The van der Waals surface area contributed by atoms with Gasteiger partial charge in [0.2, 0.25) is 0 Å². The van der Waals surface area contributed by atoms with E-state index in [-0.39, 0.29) is 0 Å². The van der Waals surface area contributed by atoms with Crippen molar-refractivity contribution < 1.29 is 0 Å². The number of rotatable bonds is 6. The van der Waals surface area contributed by atoms with Crippen molar-refractivity contribution in [1.82, 2.24) is 9.88 Å². The van der Waals surface area contributed by atoms with Gasteiger partial charge in [0.25, 0.3) is 0 Å². The highest BCUT2D eigenvalue weighted by Crippen LogP contribution is 2.35. The van der Waals surface area contributed by atoms with E-state index in [9.17, 15) is 0 Å². The molecule has 5 heteroatoms. The fourth-order valence-electron chi connectivity index (χ4n) is 4.80. The summed E-state index contributed by atoms with van der Waals surface area (Å²) in [6.45, 7) is 14.7. The second-order valence-corrected chi connectivity index (χ2v) is 9.18. The summed E-state index contributed by atoms with van der Waals surface area (Å²) in [4.78, 5) is 15.4. The van der Waals surface area contributed by atoms with E-state index in [0.717, 1.165) is 61.2 Å². The molecular formula is C30H31N5. The first-order valence-electron chi connectivity index (χ1n) is 12.3. The average Bonchev–Trinajstić information content (AvgIpc) is 2.92. The summed E-state index contributed by atoms with van der Waals surface area (Å²) in [6.07, 6.45) is 2.95. The maximum Gasteiger partial charge on any atom is 0.187 e. The van der Waals surface area contributed by atoms with Gasteiger partial charge in [-0.15, -0.1) is 0 Å². The van der Waals surface area contributed by atoms with Gasteiger partial charge in [0.15, 0.2) is 5.69 Å². The predicted octanol–water partition coefficient (Wildman–Crippen LogP) is 6.75. The van der Waals surface area contributed by atoms with E-state index < -0.39 is 0 Å². The summed E-state index contributed by atoms with van der Waals surface area (Å²) in [7, 11) is 2.19. The molecule has 0 amide bonds. The van der Waals surface area contributed by atoms with Gasteiger partial charge in [0, 0.05) is 55.7 Å². The van der Waals surface area contributed by atoms with Crippen LogP contribution in [0.5, 0.6) is 0 Å². The van der Waals surface area contributed by atoms with E-state index in [4.69, 9.17) is 6.57 Å². The molecular weight excluding hydrogens is 430 g/mol. The highest BCUT2D eigenvalue weighted by molar-refractivity contribution is 5.96. The maximum absolute atomic E-state index is 7.21. The molecule has 3 aromatic carbocycles. The fraction of sp³-hybridized carbons (Fsp3) is 0.267. The molecule has 0 aliphatic carbocycles. The number of hydrogen-bond acceptors (Lipinski definition) is 4. The quantitative estimate of drug-likeness (QED) is 0.297. The van der Waals surface area contributed by atoms with E-state index >= 15 is 0 Å². The molecule has 0 unspecified atom stereocenters. The molecule has 1 aromatic heterocycles. The standard InChI is InChI=1S/C30H31N5/c1-4-17-35(27-12-10-26(11-13-27)34-20-18-33(3)19-21-34)30-15-16-32-29-14-7-24(22-28(29)30)23-5-8-25(31-2)9-6-23/h5-16,22H,4,17-21H2,1,3H3. The lowest BCUT2D eigenvalue weighted by atomic mass is 10.0. The number of benzene rings is 3. The van der Waals surface area contributed by atoms with Crippen molar-refractivity contribution >= 4 is 33.7 Å². The zero-order valence-electron chi connectivity index (χ0n) is 20.5. The Balaban J connectivity index is 1.50. The minimum atomic E-state index is 0.658. The van der Waals surface area contributed by atoms with Gasteiger partial charge in [-0.05, 0) is 67.1 Å². The van der Waals surface area contributed by atoms with Crippen LogP contribution in [0.25, 0.3) is 26.9 Å². The van der Waals surface area contributed by atoms with Gasteiger partial charge in [0.05, 0.1) is 17.8 Å². The van der Waals surface area contributed by atoms with Crippen molar-refractivity contribution in [2.75, 3.05) is 49.6 Å². The zero-order valence-corrected chi connectivity index (χ0v) is 20.5. The Hall–Kier alpha value is -3.88. The SMILES string of the molecule is [C-]#[N+]c1ccc(-c2ccc3nccc(N(CCC)c4ccc(N5CCN(C)CC5)cc4)c3c2)cc1. The lowest BCUT2D eigenvalue weighted by Gasteiger charge is -2.34. The van der Waals surface area contributed by atoms with Gasteiger partial charge in [-0.25, -0.2) is 4.85 Å². The monoisotopic (exact) mass is 461 g/mol. The number of pyridine rings is 1. The Morgan fingerprint density at radius 2 is 1.60 bits per heavy atom. The number of nitrogens with zero attached hydrogens (tertiary/aromatic N) is 5. The molecule has 1 saturated heterocycles. The Kier molecular flexibility index (Phi) is 6.65. The Bertz CT molecular complexity index is 1330. The van der Waals surface area contributed by atoms with Gasteiger partial charge in [-0.2, -0.15) is 0 Å². The van der Waals surface area contributed by atoms with Crippen LogP contribution >= 0.6 is 0 Å². The van der Waals surface area contributed by atoms with Crippen LogP contribution in [-0.2, 0) is 0 Å². The largest absolute Gasteiger partial charge is 0.369 e. The first kappa shape index (κ1) is 22.9. The first-order chi connectivity index (χ1) is 17.2. The minimum absolute atomic E-state index is 0.658. The van der Waals surface area contributed by atoms with Gasteiger partial charge in [-0.3, -0.25) is 4.98 Å². The van der Waals surface area contributed by atoms with E-state index in [1.807, 2.05) is 30.5 Å². The molecule has 0 N–H and O–H groups in total. The zero-order chi connectivity index (χ0) is 24.2. The predicted molar refractivity (Wildman–Crippen MR) is 147 cm³/mol. The molecule has 5 rings (SSSR count). The van der Waals surface area contributed by atoms with Gasteiger partial charge >= 0.3 is 0 Å². The van der Waals surface area contributed by atoms with Crippen molar-refractivity contribution in [3.8, 4) is 11.1 Å². The van der Waals surface area contributed by atoms with Gasteiger partial charge < -0.3 is 14.7 Å². The van der Waals surface area contributed by atoms with Crippen LogP contribution < -0.4 is 9.80 Å². The number of fused-ring (bicyclic) bond motifs is 1. The molecule has 1 aliphatic heterocycles. The minimum Gasteiger partial charge on any atom is -0.369 e. The third-order valence-corrected chi connectivity index (χ3v) is 6.82.